The maximum atomic E-state index is 12.7. The van der Waals surface area contributed by atoms with E-state index in [1.165, 1.54) is 0 Å². The lowest BCUT2D eigenvalue weighted by atomic mass is 9.97. The number of nitrogens with zero attached hydrogens (tertiary/aromatic N) is 3. The molecular weight excluding hydrogens is 430 g/mol. The van der Waals surface area contributed by atoms with E-state index in [-0.39, 0.29) is 22.8 Å². The molecule has 0 atom stereocenters. The van der Waals surface area contributed by atoms with Crippen LogP contribution in [0.2, 0.25) is 5.15 Å². The molecule has 0 bridgehead atoms. The minimum absolute atomic E-state index is 0.205. The van der Waals surface area contributed by atoms with E-state index in [1.807, 2.05) is 51.1 Å². The maximum absolute atomic E-state index is 12.7. The number of amides is 2. The molecule has 0 radical (unpaired) electrons. The first kappa shape index (κ1) is 23.8. The minimum atomic E-state index is -0.499. The van der Waals surface area contributed by atoms with Crippen molar-refractivity contribution in [1.82, 2.24) is 20.4 Å². The van der Waals surface area contributed by atoms with Crippen LogP contribution in [0.4, 0.5) is 10.5 Å². The fourth-order valence-corrected chi connectivity index (χ4v) is 3.58. The van der Waals surface area contributed by atoms with Crippen molar-refractivity contribution in [2.45, 2.75) is 45.8 Å². The van der Waals surface area contributed by atoms with E-state index < -0.39 is 5.60 Å². The Kier molecular flexibility index (Phi) is 7.90. The zero-order valence-electron chi connectivity index (χ0n) is 18.7. The molecule has 0 saturated carbocycles. The van der Waals surface area contributed by atoms with Crippen LogP contribution in [0.3, 0.4) is 0 Å². The lowest BCUT2D eigenvalue weighted by Crippen LogP contribution is -2.42. The van der Waals surface area contributed by atoms with E-state index >= 15 is 0 Å². The van der Waals surface area contributed by atoms with Gasteiger partial charge in [-0.15, -0.1) is 10.2 Å². The Bertz CT molecular complexity index is 925. The molecule has 1 aliphatic rings. The molecule has 1 fully saturated rings. The quantitative estimate of drug-likeness (QED) is 0.674. The normalized spacial score (nSPS) is 14.7. The molecule has 1 aromatic heterocycles. The van der Waals surface area contributed by atoms with Crippen LogP contribution in [0.1, 0.15) is 49.7 Å². The number of halogens is 1. The number of nitrogens with one attached hydrogen (secondary N) is 2. The van der Waals surface area contributed by atoms with Gasteiger partial charge in [0.05, 0.1) is 5.69 Å². The second-order valence-electron chi connectivity index (χ2n) is 8.89. The van der Waals surface area contributed by atoms with Crippen LogP contribution >= 0.6 is 11.6 Å². The summed E-state index contributed by atoms with van der Waals surface area (Å²) in [6.07, 6.45) is 1.41. The average molecular weight is 460 g/mol. The van der Waals surface area contributed by atoms with E-state index in [0.29, 0.717) is 37.8 Å². The van der Waals surface area contributed by atoms with Gasteiger partial charge in [-0.1, -0.05) is 41.9 Å². The summed E-state index contributed by atoms with van der Waals surface area (Å²) in [5, 5.41) is 14.2. The Labute approximate surface area is 193 Å². The van der Waals surface area contributed by atoms with Crippen LogP contribution < -0.4 is 10.6 Å². The topological polar surface area (TPSA) is 96.4 Å². The van der Waals surface area contributed by atoms with Crippen molar-refractivity contribution in [2.24, 2.45) is 5.92 Å². The van der Waals surface area contributed by atoms with Crippen molar-refractivity contribution in [3.05, 3.63) is 52.8 Å². The minimum Gasteiger partial charge on any atom is -0.444 e. The molecule has 0 aliphatic carbocycles. The first-order valence-corrected chi connectivity index (χ1v) is 11.2. The van der Waals surface area contributed by atoms with Crippen LogP contribution in [0, 0.1) is 5.92 Å². The number of carbonyl (C=O) groups is 2. The van der Waals surface area contributed by atoms with Gasteiger partial charge < -0.3 is 20.3 Å². The van der Waals surface area contributed by atoms with Crippen LogP contribution in [-0.4, -0.2) is 52.3 Å². The molecule has 3 rings (SSSR count). The summed E-state index contributed by atoms with van der Waals surface area (Å²) in [5.74, 6) is 0.0288. The van der Waals surface area contributed by atoms with Crippen molar-refractivity contribution < 1.29 is 14.3 Å². The lowest BCUT2D eigenvalue weighted by molar-refractivity contribution is 0.0188. The van der Waals surface area contributed by atoms with Gasteiger partial charge in [0.1, 0.15) is 5.60 Å². The summed E-state index contributed by atoms with van der Waals surface area (Å²) in [6, 6.07) is 11.3. The van der Waals surface area contributed by atoms with Crippen molar-refractivity contribution in [2.75, 3.05) is 25.0 Å². The van der Waals surface area contributed by atoms with Gasteiger partial charge in [-0.3, -0.25) is 4.79 Å². The summed E-state index contributed by atoms with van der Waals surface area (Å²) in [7, 11) is 0. The first-order valence-electron chi connectivity index (χ1n) is 10.8. The number of likely N-dealkylation sites (tertiary alicyclic amines) is 1. The number of piperidine rings is 1. The highest BCUT2D eigenvalue weighted by molar-refractivity contribution is 6.29. The third kappa shape index (κ3) is 7.09. The molecule has 2 aromatic rings. The standard InChI is InChI=1S/C23H30ClN5O3/c1-23(2,3)32-22(31)29-11-9-17(10-12-29)14-25-18-13-19(24)27-28-20(18)21(30)26-15-16-7-5-4-6-8-16/h4-8,13,17H,9-12,14-15H2,1-3H3,(H,25,27)(H,26,30). The second kappa shape index (κ2) is 10.6. The van der Waals surface area contributed by atoms with Crippen LogP contribution in [0.15, 0.2) is 36.4 Å². The average Bonchev–Trinajstić information content (AvgIpc) is 2.76. The largest absolute Gasteiger partial charge is 0.444 e. The van der Waals surface area contributed by atoms with Crippen LogP contribution in [0.5, 0.6) is 0 Å². The second-order valence-corrected chi connectivity index (χ2v) is 9.28. The number of aromatic nitrogens is 2. The van der Waals surface area contributed by atoms with Gasteiger partial charge >= 0.3 is 6.09 Å². The summed E-state index contributed by atoms with van der Waals surface area (Å²) >= 11 is 6.02. The van der Waals surface area contributed by atoms with E-state index in [2.05, 4.69) is 20.8 Å². The molecule has 0 spiro atoms. The zero-order valence-corrected chi connectivity index (χ0v) is 19.5. The van der Waals surface area contributed by atoms with Gasteiger partial charge in [-0.2, -0.15) is 0 Å². The Morgan fingerprint density at radius 1 is 1.16 bits per heavy atom. The fourth-order valence-electron chi connectivity index (χ4n) is 3.43. The summed E-state index contributed by atoms with van der Waals surface area (Å²) < 4.78 is 5.45. The molecule has 1 saturated heterocycles. The molecule has 9 heteroatoms. The first-order chi connectivity index (χ1) is 15.2. The highest BCUT2D eigenvalue weighted by atomic mass is 35.5. The monoisotopic (exact) mass is 459 g/mol. The summed E-state index contributed by atoms with van der Waals surface area (Å²) in [4.78, 5) is 26.7. The SMILES string of the molecule is CC(C)(C)OC(=O)N1CCC(CNc2cc(Cl)nnc2C(=O)NCc2ccccc2)CC1. The summed E-state index contributed by atoms with van der Waals surface area (Å²) in [5.41, 5.74) is 1.25. The third-order valence-electron chi connectivity index (χ3n) is 5.12. The molecule has 1 aliphatic heterocycles. The molecule has 32 heavy (non-hydrogen) atoms. The van der Waals surface area contributed by atoms with Crippen LogP contribution in [-0.2, 0) is 11.3 Å². The van der Waals surface area contributed by atoms with Gasteiger partial charge in [0.25, 0.3) is 5.91 Å². The molecule has 1 aromatic carbocycles. The number of hydrogen-bond donors (Lipinski definition) is 2. The molecule has 8 nitrogen and oxygen atoms in total. The third-order valence-corrected chi connectivity index (χ3v) is 5.31. The number of ether oxygens (including phenoxy) is 1. The van der Waals surface area contributed by atoms with Crippen LogP contribution in [0.25, 0.3) is 0 Å². The Morgan fingerprint density at radius 2 is 1.84 bits per heavy atom. The van der Waals surface area contributed by atoms with Crippen molar-refractivity contribution >= 4 is 29.3 Å². The Hall–Kier alpha value is -2.87. The number of rotatable bonds is 6. The van der Waals surface area contributed by atoms with Crippen molar-refractivity contribution in [3.63, 3.8) is 0 Å². The predicted octanol–water partition coefficient (Wildman–Crippen LogP) is 4.12. The van der Waals surface area contributed by atoms with Gasteiger partial charge in [-0.25, -0.2) is 4.79 Å². The molecule has 2 amide bonds. The zero-order chi connectivity index (χ0) is 23.1. The highest BCUT2D eigenvalue weighted by Crippen LogP contribution is 2.22. The number of hydrogen-bond acceptors (Lipinski definition) is 6. The predicted molar refractivity (Wildman–Crippen MR) is 124 cm³/mol. The van der Waals surface area contributed by atoms with E-state index in [0.717, 1.165) is 18.4 Å². The highest BCUT2D eigenvalue weighted by Gasteiger charge is 2.27. The molecule has 172 valence electrons. The number of anilines is 1. The molecule has 0 unspecified atom stereocenters. The van der Waals surface area contributed by atoms with E-state index in [4.69, 9.17) is 16.3 Å². The molecule has 2 N–H and O–H groups in total. The Morgan fingerprint density at radius 3 is 2.50 bits per heavy atom. The molecule has 2 heterocycles. The smallest absolute Gasteiger partial charge is 0.410 e. The van der Waals surface area contributed by atoms with Crippen molar-refractivity contribution in [3.8, 4) is 0 Å². The van der Waals surface area contributed by atoms with Gasteiger partial charge in [-0.05, 0) is 45.1 Å². The molecular formula is C23H30ClN5O3. The van der Waals surface area contributed by atoms with Gasteiger partial charge in [0.2, 0.25) is 0 Å². The fraction of sp³-hybridized carbons (Fsp3) is 0.478. The summed E-state index contributed by atoms with van der Waals surface area (Å²) in [6.45, 7) is 7.91. The number of carbonyl (C=O) groups excluding carboxylic acids is 2. The number of benzene rings is 1. The maximum Gasteiger partial charge on any atom is 0.410 e. The van der Waals surface area contributed by atoms with Crippen molar-refractivity contribution in [1.29, 1.82) is 0 Å². The van der Waals surface area contributed by atoms with Gasteiger partial charge in [0, 0.05) is 32.2 Å². The Balaban J connectivity index is 1.53. The van der Waals surface area contributed by atoms with E-state index in [1.54, 1.807) is 11.0 Å². The van der Waals surface area contributed by atoms with Gasteiger partial charge in [0.15, 0.2) is 10.8 Å². The van der Waals surface area contributed by atoms with E-state index in [9.17, 15) is 9.59 Å². The lowest BCUT2D eigenvalue weighted by Gasteiger charge is -2.33.